The highest BCUT2D eigenvalue weighted by Crippen LogP contribution is 2.21. The lowest BCUT2D eigenvalue weighted by molar-refractivity contribution is 0.113. The summed E-state index contributed by atoms with van der Waals surface area (Å²) in [4.78, 5) is -0.117. The van der Waals surface area contributed by atoms with E-state index in [9.17, 15) is 17.2 Å². The van der Waals surface area contributed by atoms with Crippen LogP contribution in [0.2, 0.25) is 0 Å². The highest BCUT2D eigenvalue weighted by Gasteiger charge is 2.27. The van der Waals surface area contributed by atoms with Gasteiger partial charge in [0.15, 0.2) is 0 Å². The molecule has 0 unspecified atom stereocenters. The summed E-state index contributed by atoms with van der Waals surface area (Å²) in [5, 5.41) is 8.79. The Hall–Kier alpha value is -1.25. The second kappa shape index (κ2) is 6.27. The molecule has 0 spiro atoms. The van der Waals surface area contributed by atoms with Gasteiger partial charge in [-0.25, -0.2) is 17.2 Å². The zero-order chi connectivity index (χ0) is 14.6. The van der Waals surface area contributed by atoms with Crippen LogP contribution < -0.4 is 5.73 Å². The molecule has 0 saturated heterocycles. The quantitative estimate of drug-likeness (QED) is 0.761. The van der Waals surface area contributed by atoms with Gasteiger partial charge in [-0.1, -0.05) is 0 Å². The molecule has 5 nitrogen and oxygen atoms in total. The van der Waals surface area contributed by atoms with Crippen molar-refractivity contribution >= 4 is 15.7 Å². The topological polar surface area (TPSA) is 83.6 Å². The summed E-state index contributed by atoms with van der Waals surface area (Å²) in [5.41, 5.74) is 6.54. The second-order valence-corrected chi connectivity index (χ2v) is 5.93. The lowest BCUT2D eigenvalue weighted by Gasteiger charge is -2.21. The number of aryl methyl sites for hydroxylation is 1. The van der Waals surface area contributed by atoms with Crippen molar-refractivity contribution in [3.05, 3.63) is 23.8 Å². The Morgan fingerprint density at radius 1 is 1.42 bits per heavy atom. The minimum Gasteiger partial charge on any atom is -0.399 e. The van der Waals surface area contributed by atoms with Crippen LogP contribution in [0.1, 0.15) is 5.56 Å². The molecule has 1 aromatic rings. The first-order chi connectivity index (χ1) is 8.78. The van der Waals surface area contributed by atoms with Gasteiger partial charge in [-0.2, -0.15) is 4.31 Å². The number of alkyl halides is 2. The molecule has 19 heavy (non-hydrogen) atoms. The van der Waals surface area contributed by atoms with Crippen molar-refractivity contribution in [2.24, 2.45) is 0 Å². The van der Waals surface area contributed by atoms with Crippen LogP contribution in [-0.2, 0) is 10.0 Å². The first-order valence-corrected chi connectivity index (χ1v) is 6.98. The van der Waals surface area contributed by atoms with Gasteiger partial charge in [0, 0.05) is 12.2 Å². The van der Waals surface area contributed by atoms with Gasteiger partial charge >= 0.3 is 0 Å². The second-order valence-electron chi connectivity index (χ2n) is 4.00. The monoisotopic (exact) mass is 294 g/mol. The van der Waals surface area contributed by atoms with E-state index in [1.165, 1.54) is 18.2 Å². The highest BCUT2D eigenvalue weighted by molar-refractivity contribution is 7.89. The number of aliphatic hydroxyl groups is 1. The number of nitrogen functional groups attached to an aromatic ring is 1. The van der Waals surface area contributed by atoms with Crippen LogP contribution in [0, 0.1) is 6.92 Å². The number of halogens is 2. The van der Waals surface area contributed by atoms with Gasteiger partial charge in [-0.3, -0.25) is 0 Å². The SMILES string of the molecule is Cc1cc(S(=O)(=O)N(CCO)CC(F)F)ccc1N. The van der Waals surface area contributed by atoms with Crippen LogP contribution >= 0.6 is 0 Å². The van der Waals surface area contributed by atoms with E-state index in [2.05, 4.69) is 0 Å². The van der Waals surface area contributed by atoms with E-state index in [0.717, 1.165) is 0 Å². The van der Waals surface area contributed by atoms with Gasteiger partial charge in [0.25, 0.3) is 6.43 Å². The maximum Gasteiger partial charge on any atom is 0.252 e. The molecule has 108 valence electrons. The van der Waals surface area contributed by atoms with Crippen molar-refractivity contribution in [3.8, 4) is 0 Å². The third-order valence-corrected chi connectivity index (χ3v) is 4.43. The zero-order valence-electron chi connectivity index (χ0n) is 10.4. The van der Waals surface area contributed by atoms with Crippen molar-refractivity contribution in [1.29, 1.82) is 0 Å². The molecule has 0 aromatic heterocycles. The van der Waals surface area contributed by atoms with Crippen LogP contribution in [-0.4, -0.2) is 44.0 Å². The molecule has 0 aliphatic rings. The smallest absolute Gasteiger partial charge is 0.252 e. The number of nitrogens with two attached hydrogens (primary N) is 1. The number of rotatable bonds is 6. The summed E-state index contributed by atoms with van der Waals surface area (Å²) in [6.07, 6.45) is -2.81. The summed E-state index contributed by atoms with van der Waals surface area (Å²) in [6, 6.07) is 3.98. The molecule has 0 aliphatic heterocycles. The highest BCUT2D eigenvalue weighted by atomic mass is 32.2. The number of benzene rings is 1. The van der Waals surface area contributed by atoms with Crippen molar-refractivity contribution in [1.82, 2.24) is 4.31 Å². The molecule has 0 amide bonds. The van der Waals surface area contributed by atoms with Crippen LogP contribution in [0.3, 0.4) is 0 Å². The van der Waals surface area contributed by atoms with Crippen LogP contribution in [0.5, 0.6) is 0 Å². The normalized spacial score (nSPS) is 12.3. The standard InChI is InChI=1S/C11H16F2N2O3S/c1-8-6-9(2-3-10(8)14)19(17,18)15(4-5-16)7-11(12)13/h2-3,6,11,16H,4-5,7,14H2,1H3. The summed E-state index contributed by atoms with van der Waals surface area (Å²) < 4.78 is 49.7. The van der Waals surface area contributed by atoms with Crippen molar-refractivity contribution in [2.45, 2.75) is 18.2 Å². The van der Waals surface area contributed by atoms with Gasteiger partial charge in [0.1, 0.15) is 0 Å². The maximum atomic E-state index is 12.4. The third-order valence-electron chi connectivity index (χ3n) is 2.57. The summed E-state index contributed by atoms with van der Waals surface area (Å²) in [5.74, 6) is 0. The summed E-state index contributed by atoms with van der Waals surface area (Å²) in [6.45, 7) is -0.236. The number of nitrogens with zero attached hydrogens (tertiary/aromatic N) is 1. The fourth-order valence-corrected chi connectivity index (χ4v) is 3.03. The summed E-state index contributed by atoms with van der Waals surface area (Å²) >= 11 is 0. The van der Waals surface area contributed by atoms with Crippen LogP contribution in [0.4, 0.5) is 14.5 Å². The molecular formula is C11H16F2N2O3S. The van der Waals surface area contributed by atoms with E-state index in [1.54, 1.807) is 6.92 Å². The number of aliphatic hydroxyl groups excluding tert-OH is 1. The molecule has 8 heteroatoms. The number of sulfonamides is 1. The fraction of sp³-hybridized carbons (Fsp3) is 0.455. The predicted molar refractivity (Wildman–Crippen MR) is 67.4 cm³/mol. The lowest BCUT2D eigenvalue weighted by Crippen LogP contribution is -2.37. The van der Waals surface area contributed by atoms with E-state index in [0.29, 0.717) is 15.6 Å². The van der Waals surface area contributed by atoms with Crippen molar-refractivity contribution in [2.75, 3.05) is 25.4 Å². The molecule has 0 fully saturated rings. The molecule has 0 heterocycles. The number of anilines is 1. The largest absolute Gasteiger partial charge is 0.399 e. The Morgan fingerprint density at radius 3 is 2.53 bits per heavy atom. The minimum absolute atomic E-state index is 0.117. The molecular weight excluding hydrogens is 278 g/mol. The van der Waals surface area contributed by atoms with Gasteiger partial charge in [-0.15, -0.1) is 0 Å². The molecule has 1 aromatic carbocycles. The molecule has 0 radical (unpaired) electrons. The van der Waals surface area contributed by atoms with Crippen LogP contribution in [0.15, 0.2) is 23.1 Å². The molecule has 3 N–H and O–H groups in total. The lowest BCUT2D eigenvalue weighted by atomic mass is 10.2. The van der Waals surface area contributed by atoms with Gasteiger partial charge in [-0.05, 0) is 30.7 Å². The predicted octanol–water partition coefficient (Wildman–Crippen LogP) is 0.825. The Labute approximate surface area is 110 Å². The van der Waals surface area contributed by atoms with Crippen molar-refractivity contribution in [3.63, 3.8) is 0 Å². The molecule has 0 atom stereocenters. The Balaban J connectivity index is 3.14. The van der Waals surface area contributed by atoms with E-state index in [-0.39, 0.29) is 11.4 Å². The number of hydrogen-bond donors (Lipinski definition) is 2. The van der Waals surface area contributed by atoms with Crippen molar-refractivity contribution < 1.29 is 22.3 Å². The number of hydrogen-bond acceptors (Lipinski definition) is 4. The van der Waals surface area contributed by atoms with E-state index in [1.807, 2.05) is 0 Å². The van der Waals surface area contributed by atoms with Gasteiger partial charge in [0.2, 0.25) is 10.0 Å². The van der Waals surface area contributed by atoms with E-state index in [4.69, 9.17) is 10.8 Å². The molecule has 0 bridgehead atoms. The molecule has 0 saturated carbocycles. The van der Waals surface area contributed by atoms with E-state index < -0.39 is 29.6 Å². The summed E-state index contributed by atoms with van der Waals surface area (Å²) in [7, 11) is -4.06. The van der Waals surface area contributed by atoms with E-state index >= 15 is 0 Å². The molecule has 0 aliphatic carbocycles. The maximum absolute atomic E-state index is 12.4. The Bertz CT molecular complexity index is 535. The average molecular weight is 294 g/mol. The first kappa shape index (κ1) is 15.8. The third kappa shape index (κ3) is 3.85. The Kier molecular flexibility index (Phi) is 5.21. The average Bonchev–Trinajstić information content (AvgIpc) is 2.31. The van der Waals surface area contributed by atoms with Crippen LogP contribution in [0.25, 0.3) is 0 Å². The van der Waals surface area contributed by atoms with Gasteiger partial charge in [0.05, 0.1) is 18.0 Å². The first-order valence-electron chi connectivity index (χ1n) is 5.54. The minimum atomic E-state index is -4.06. The van der Waals surface area contributed by atoms with Gasteiger partial charge < -0.3 is 10.8 Å². The zero-order valence-corrected chi connectivity index (χ0v) is 11.2. The fourth-order valence-electron chi connectivity index (χ4n) is 1.53. The molecule has 1 rings (SSSR count). The Morgan fingerprint density at radius 2 is 2.05 bits per heavy atom.